The molecule has 0 radical (unpaired) electrons. The zero-order chi connectivity index (χ0) is 16.9. The van der Waals surface area contributed by atoms with Gasteiger partial charge in [0.15, 0.2) is 0 Å². The van der Waals surface area contributed by atoms with Crippen molar-refractivity contribution < 1.29 is 13.9 Å². The number of likely N-dealkylation sites (N-methyl/N-ethyl adjacent to an activating group) is 1. The first-order chi connectivity index (χ1) is 11.7. The first-order valence-electron chi connectivity index (χ1n) is 8.24. The maximum absolute atomic E-state index is 12.6. The fraction of sp³-hybridized carbons (Fsp3) is 0.471. The Kier molecular flexibility index (Phi) is 5.10. The van der Waals surface area contributed by atoms with Crippen molar-refractivity contribution in [2.24, 2.45) is 0 Å². The van der Waals surface area contributed by atoms with Gasteiger partial charge in [0.05, 0.1) is 17.4 Å². The molecule has 0 saturated carbocycles. The molecule has 128 valence electrons. The maximum atomic E-state index is 12.6. The minimum atomic E-state index is -0.156. The average molecular weight is 330 g/mol. The summed E-state index contributed by atoms with van der Waals surface area (Å²) >= 11 is 0. The zero-order valence-electron chi connectivity index (χ0n) is 14.0. The number of urea groups is 1. The molecule has 1 atom stereocenters. The molecule has 0 unspecified atom stereocenters. The van der Waals surface area contributed by atoms with Crippen LogP contribution in [-0.2, 0) is 4.74 Å². The number of rotatable bonds is 5. The van der Waals surface area contributed by atoms with E-state index < -0.39 is 0 Å². The second-order valence-electron chi connectivity index (χ2n) is 5.78. The molecule has 2 amide bonds. The van der Waals surface area contributed by atoms with Crippen LogP contribution >= 0.6 is 0 Å². The number of amides is 2. The van der Waals surface area contributed by atoms with Crippen molar-refractivity contribution in [1.29, 1.82) is 0 Å². The Morgan fingerprint density at radius 2 is 2.21 bits per heavy atom. The van der Waals surface area contributed by atoms with E-state index in [1.54, 1.807) is 11.8 Å². The highest BCUT2D eigenvalue weighted by Gasteiger charge is 2.22. The molecule has 2 aromatic rings. The number of para-hydroxylation sites is 1. The molecule has 1 N–H and O–H groups in total. The first-order valence-corrected chi connectivity index (χ1v) is 8.24. The first kappa shape index (κ1) is 16.4. The maximum Gasteiger partial charge on any atom is 0.321 e. The Morgan fingerprint density at radius 3 is 2.88 bits per heavy atom. The van der Waals surface area contributed by atoms with Gasteiger partial charge < -0.3 is 19.4 Å². The Hall–Kier alpha value is -2.41. The van der Waals surface area contributed by atoms with Crippen LogP contribution in [-0.4, -0.2) is 46.9 Å². The molecule has 0 aliphatic carbocycles. The van der Waals surface area contributed by atoms with Gasteiger partial charge in [-0.2, -0.15) is 0 Å². The standard InChI is InChI=1S/C17H22N4O3/c1-3-21(11-13-7-6-10-23-13)17(22)18-15-9-5-4-8-14(15)16-20-19-12(2)24-16/h4-5,8-9,13H,3,6-7,10-11H2,1-2H3,(H,18,22)/t13-/m1/s1. The van der Waals surface area contributed by atoms with Crippen LogP contribution in [0.2, 0.25) is 0 Å². The van der Waals surface area contributed by atoms with Crippen LogP contribution in [0, 0.1) is 6.92 Å². The largest absolute Gasteiger partial charge is 0.421 e. The summed E-state index contributed by atoms with van der Waals surface area (Å²) in [6.45, 7) is 5.70. The Bertz CT molecular complexity index is 695. The van der Waals surface area contributed by atoms with Gasteiger partial charge in [0.1, 0.15) is 0 Å². The number of hydrogen-bond acceptors (Lipinski definition) is 5. The highest BCUT2D eigenvalue weighted by atomic mass is 16.5. The van der Waals surface area contributed by atoms with Crippen LogP contribution in [0.1, 0.15) is 25.7 Å². The van der Waals surface area contributed by atoms with Gasteiger partial charge in [-0.3, -0.25) is 0 Å². The summed E-state index contributed by atoms with van der Waals surface area (Å²) in [5, 5.41) is 10.8. The molecule has 1 aromatic carbocycles. The zero-order valence-corrected chi connectivity index (χ0v) is 14.0. The molecular formula is C17H22N4O3. The summed E-state index contributed by atoms with van der Waals surface area (Å²) in [5.41, 5.74) is 1.36. The number of benzene rings is 1. The Balaban J connectivity index is 1.73. The van der Waals surface area contributed by atoms with Crippen molar-refractivity contribution in [2.45, 2.75) is 32.8 Å². The van der Waals surface area contributed by atoms with Crippen LogP contribution in [0.15, 0.2) is 28.7 Å². The molecule has 0 spiro atoms. The molecule has 3 rings (SSSR count). The van der Waals surface area contributed by atoms with Gasteiger partial charge in [0, 0.05) is 26.6 Å². The van der Waals surface area contributed by atoms with Crippen molar-refractivity contribution >= 4 is 11.7 Å². The Labute approximate surface area is 141 Å². The number of anilines is 1. The second kappa shape index (κ2) is 7.44. The second-order valence-corrected chi connectivity index (χ2v) is 5.78. The van der Waals surface area contributed by atoms with Crippen LogP contribution in [0.3, 0.4) is 0 Å². The summed E-state index contributed by atoms with van der Waals surface area (Å²) in [6, 6.07) is 7.25. The third-order valence-electron chi connectivity index (χ3n) is 4.04. The highest BCUT2D eigenvalue weighted by Crippen LogP contribution is 2.27. The number of nitrogens with one attached hydrogen (secondary N) is 1. The molecule has 7 heteroatoms. The van der Waals surface area contributed by atoms with E-state index in [1.165, 1.54) is 0 Å². The van der Waals surface area contributed by atoms with E-state index in [1.807, 2.05) is 31.2 Å². The lowest BCUT2D eigenvalue weighted by atomic mass is 10.2. The molecule has 1 aromatic heterocycles. The number of carbonyl (C=O) groups is 1. The summed E-state index contributed by atoms with van der Waals surface area (Å²) < 4.78 is 11.1. The van der Waals surface area contributed by atoms with E-state index in [0.29, 0.717) is 36.1 Å². The smallest absolute Gasteiger partial charge is 0.321 e. The van der Waals surface area contributed by atoms with E-state index in [2.05, 4.69) is 15.5 Å². The minimum Gasteiger partial charge on any atom is -0.421 e. The molecule has 1 saturated heterocycles. The average Bonchev–Trinajstić information content (AvgIpc) is 3.24. The van der Waals surface area contributed by atoms with E-state index in [0.717, 1.165) is 19.4 Å². The van der Waals surface area contributed by atoms with Gasteiger partial charge in [-0.1, -0.05) is 12.1 Å². The van der Waals surface area contributed by atoms with Gasteiger partial charge in [0.2, 0.25) is 11.8 Å². The van der Waals surface area contributed by atoms with E-state index in [9.17, 15) is 4.79 Å². The van der Waals surface area contributed by atoms with Gasteiger partial charge in [-0.25, -0.2) is 4.79 Å². The molecule has 2 heterocycles. The minimum absolute atomic E-state index is 0.129. The number of hydrogen-bond donors (Lipinski definition) is 1. The topological polar surface area (TPSA) is 80.5 Å². The number of ether oxygens (including phenoxy) is 1. The van der Waals surface area contributed by atoms with Crippen molar-refractivity contribution in [3.63, 3.8) is 0 Å². The van der Waals surface area contributed by atoms with Crippen molar-refractivity contribution in [1.82, 2.24) is 15.1 Å². The van der Waals surface area contributed by atoms with Gasteiger partial charge in [-0.05, 0) is 31.9 Å². The lowest BCUT2D eigenvalue weighted by Crippen LogP contribution is -2.40. The molecule has 1 aliphatic heterocycles. The van der Waals surface area contributed by atoms with Crippen molar-refractivity contribution in [3.05, 3.63) is 30.2 Å². The molecule has 0 bridgehead atoms. The molecule has 1 fully saturated rings. The van der Waals surface area contributed by atoms with E-state index in [4.69, 9.17) is 9.15 Å². The Morgan fingerprint density at radius 1 is 1.38 bits per heavy atom. The fourth-order valence-corrected chi connectivity index (χ4v) is 2.77. The third-order valence-corrected chi connectivity index (χ3v) is 4.04. The normalized spacial score (nSPS) is 17.0. The molecule has 24 heavy (non-hydrogen) atoms. The number of nitrogens with zero attached hydrogens (tertiary/aromatic N) is 3. The molecule has 7 nitrogen and oxygen atoms in total. The van der Waals surface area contributed by atoms with Crippen LogP contribution in [0.5, 0.6) is 0 Å². The van der Waals surface area contributed by atoms with Gasteiger partial charge >= 0.3 is 6.03 Å². The number of carbonyl (C=O) groups excluding carboxylic acids is 1. The summed E-state index contributed by atoms with van der Waals surface area (Å²) in [7, 11) is 0. The number of aromatic nitrogens is 2. The van der Waals surface area contributed by atoms with Gasteiger partial charge in [0.25, 0.3) is 0 Å². The van der Waals surface area contributed by atoms with E-state index in [-0.39, 0.29) is 12.1 Å². The molecule has 1 aliphatic rings. The monoisotopic (exact) mass is 330 g/mol. The third kappa shape index (κ3) is 3.73. The quantitative estimate of drug-likeness (QED) is 0.911. The van der Waals surface area contributed by atoms with Crippen LogP contribution in [0.4, 0.5) is 10.5 Å². The van der Waals surface area contributed by atoms with Crippen molar-refractivity contribution in [3.8, 4) is 11.5 Å². The lowest BCUT2D eigenvalue weighted by Gasteiger charge is -2.24. The number of aryl methyl sites for hydroxylation is 1. The van der Waals surface area contributed by atoms with E-state index >= 15 is 0 Å². The SMILES string of the molecule is CCN(C[C@H]1CCCO1)C(=O)Nc1ccccc1-c1nnc(C)o1. The van der Waals surface area contributed by atoms with Crippen molar-refractivity contribution in [2.75, 3.05) is 25.0 Å². The van der Waals surface area contributed by atoms with Crippen LogP contribution in [0.25, 0.3) is 11.5 Å². The highest BCUT2D eigenvalue weighted by molar-refractivity contribution is 5.93. The summed E-state index contributed by atoms with van der Waals surface area (Å²) in [4.78, 5) is 14.4. The molecular weight excluding hydrogens is 308 g/mol. The summed E-state index contributed by atoms with van der Waals surface area (Å²) in [5.74, 6) is 0.880. The predicted molar refractivity (Wildman–Crippen MR) is 89.7 cm³/mol. The lowest BCUT2D eigenvalue weighted by molar-refractivity contribution is 0.0849. The van der Waals surface area contributed by atoms with Crippen LogP contribution < -0.4 is 5.32 Å². The predicted octanol–water partition coefficient (Wildman–Crippen LogP) is 3.08. The summed E-state index contributed by atoms with van der Waals surface area (Å²) in [6.07, 6.45) is 2.19. The van der Waals surface area contributed by atoms with Gasteiger partial charge in [-0.15, -0.1) is 10.2 Å². The fourth-order valence-electron chi connectivity index (χ4n) is 2.77.